The monoisotopic (exact) mass is 312 g/mol. The van der Waals surface area contributed by atoms with Gasteiger partial charge in [0.2, 0.25) is 10.0 Å². The molecule has 1 aliphatic heterocycles. The largest absolute Gasteiger partial charge is 0.375 e. The van der Waals surface area contributed by atoms with Gasteiger partial charge in [0.05, 0.1) is 12.4 Å². The Bertz CT molecular complexity index is 533. The predicted molar refractivity (Wildman–Crippen MR) is 83.6 cm³/mol. The molecule has 0 bridgehead atoms. The molecule has 0 spiro atoms. The Morgan fingerprint density at radius 3 is 2.71 bits per heavy atom. The van der Waals surface area contributed by atoms with E-state index in [1.165, 1.54) is 6.26 Å². The molecular formula is C15H24N2O3S. The first-order valence-electron chi connectivity index (χ1n) is 7.25. The number of hydrogen-bond donors (Lipinski definition) is 1. The fraction of sp³-hybridized carbons (Fsp3) is 0.600. The standard InChI is InChI=1S/C15H24N2O3S/c1-20-15(13-7-4-3-5-8-13)12-17-10-6-9-14(11-17)16-21(2,18)19/h3-5,7-8,14-16H,6,9-12H2,1-2H3/t14-,15-/m1/s1. The summed E-state index contributed by atoms with van der Waals surface area (Å²) < 4.78 is 31.0. The Labute approximate surface area is 127 Å². The maximum Gasteiger partial charge on any atom is 0.208 e. The Morgan fingerprint density at radius 1 is 1.38 bits per heavy atom. The van der Waals surface area contributed by atoms with Gasteiger partial charge in [0.15, 0.2) is 0 Å². The molecule has 0 unspecified atom stereocenters. The first-order chi connectivity index (χ1) is 9.98. The van der Waals surface area contributed by atoms with Gasteiger partial charge in [-0.05, 0) is 24.9 Å². The molecule has 6 heteroatoms. The van der Waals surface area contributed by atoms with Crippen LogP contribution in [0.4, 0.5) is 0 Å². The molecule has 1 fully saturated rings. The van der Waals surface area contributed by atoms with E-state index in [1.807, 2.05) is 18.2 Å². The number of piperidine rings is 1. The van der Waals surface area contributed by atoms with Crippen molar-refractivity contribution in [1.82, 2.24) is 9.62 Å². The molecule has 0 aromatic heterocycles. The highest BCUT2D eigenvalue weighted by Gasteiger charge is 2.24. The third-order valence-corrected chi connectivity index (χ3v) is 4.53. The summed E-state index contributed by atoms with van der Waals surface area (Å²) in [6, 6.07) is 10.1. The second-order valence-corrected chi connectivity index (χ2v) is 7.40. The molecule has 5 nitrogen and oxygen atoms in total. The summed E-state index contributed by atoms with van der Waals surface area (Å²) in [5.41, 5.74) is 1.15. The van der Waals surface area contributed by atoms with Gasteiger partial charge in [0, 0.05) is 26.2 Å². The van der Waals surface area contributed by atoms with Crippen molar-refractivity contribution in [2.24, 2.45) is 0 Å². The van der Waals surface area contributed by atoms with Gasteiger partial charge in [-0.15, -0.1) is 0 Å². The molecule has 1 aliphatic rings. The third kappa shape index (κ3) is 5.39. The Kier molecular flexibility index (Phi) is 5.75. The number of nitrogens with zero attached hydrogens (tertiary/aromatic N) is 1. The van der Waals surface area contributed by atoms with Crippen molar-refractivity contribution in [1.29, 1.82) is 0 Å². The van der Waals surface area contributed by atoms with Gasteiger partial charge >= 0.3 is 0 Å². The average molecular weight is 312 g/mol. The van der Waals surface area contributed by atoms with Crippen molar-refractivity contribution in [2.75, 3.05) is 33.0 Å². The van der Waals surface area contributed by atoms with E-state index in [-0.39, 0.29) is 12.1 Å². The van der Waals surface area contributed by atoms with Crippen LogP contribution in [0, 0.1) is 0 Å². The van der Waals surface area contributed by atoms with Crippen molar-refractivity contribution in [3.05, 3.63) is 35.9 Å². The molecule has 2 atom stereocenters. The number of nitrogens with one attached hydrogen (secondary N) is 1. The number of methoxy groups -OCH3 is 1. The molecule has 2 rings (SSSR count). The van der Waals surface area contributed by atoms with E-state index in [2.05, 4.69) is 21.8 Å². The summed E-state index contributed by atoms with van der Waals surface area (Å²) in [5, 5.41) is 0. The lowest BCUT2D eigenvalue weighted by atomic mass is 10.0. The molecule has 0 radical (unpaired) electrons. The summed E-state index contributed by atoms with van der Waals surface area (Å²) >= 11 is 0. The molecule has 1 heterocycles. The predicted octanol–water partition coefficient (Wildman–Crippen LogP) is 1.39. The zero-order chi connectivity index (χ0) is 15.3. The van der Waals surface area contributed by atoms with Gasteiger partial charge in [0.25, 0.3) is 0 Å². The maximum absolute atomic E-state index is 11.4. The number of ether oxygens (including phenoxy) is 1. The number of likely N-dealkylation sites (tertiary alicyclic amines) is 1. The van der Waals surface area contributed by atoms with Gasteiger partial charge in [-0.1, -0.05) is 30.3 Å². The SMILES string of the molecule is CO[C@H](CN1CCC[C@@H](NS(C)(=O)=O)C1)c1ccccc1. The van der Waals surface area contributed by atoms with E-state index in [0.29, 0.717) is 0 Å². The zero-order valence-electron chi connectivity index (χ0n) is 12.7. The van der Waals surface area contributed by atoms with Crippen LogP contribution in [-0.2, 0) is 14.8 Å². The van der Waals surface area contributed by atoms with Gasteiger partial charge in [-0.2, -0.15) is 0 Å². The highest BCUT2D eigenvalue weighted by Crippen LogP contribution is 2.20. The Hall–Kier alpha value is -0.950. The lowest BCUT2D eigenvalue weighted by Gasteiger charge is -2.34. The van der Waals surface area contributed by atoms with Gasteiger partial charge in [-0.25, -0.2) is 13.1 Å². The fourth-order valence-electron chi connectivity index (χ4n) is 2.84. The van der Waals surface area contributed by atoms with E-state index in [0.717, 1.165) is 38.0 Å². The lowest BCUT2D eigenvalue weighted by molar-refractivity contribution is 0.0531. The summed E-state index contributed by atoms with van der Waals surface area (Å²) in [6.07, 6.45) is 3.13. The molecule has 1 aromatic carbocycles. The van der Waals surface area contributed by atoms with Gasteiger partial charge in [0.1, 0.15) is 0 Å². The normalized spacial score (nSPS) is 22.1. The molecule has 0 amide bonds. The van der Waals surface area contributed by atoms with E-state index < -0.39 is 10.0 Å². The third-order valence-electron chi connectivity index (χ3n) is 3.77. The fourth-order valence-corrected chi connectivity index (χ4v) is 3.64. The highest BCUT2D eigenvalue weighted by atomic mass is 32.2. The summed E-state index contributed by atoms with van der Waals surface area (Å²) in [7, 11) is -1.43. The molecule has 1 saturated heterocycles. The van der Waals surface area contributed by atoms with Gasteiger partial charge in [-0.3, -0.25) is 4.90 Å². The quantitative estimate of drug-likeness (QED) is 0.862. The first-order valence-corrected chi connectivity index (χ1v) is 9.14. The molecule has 1 aromatic rings. The summed E-state index contributed by atoms with van der Waals surface area (Å²) in [4.78, 5) is 2.27. The van der Waals surface area contributed by atoms with Crippen LogP contribution in [0.25, 0.3) is 0 Å². The van der Waals surface area contributed by atoms with E-state index in [9.17, 15) is 8.42 Å². The highest BCUT2D eigenvalue weighted by molar-refractivity contribution is 7.88. The zero-order valence-corrected chi connectivity index (χ0v) is 13.5. The van der Waals surface area contributed by atoms with Crippen LogP contribution < -0.4 is 4.72 Å². The Morgan fingerprint density at radius 2 is 2.10 bits per heavy atom. The van der Waals surface area contributed by atoms with Crippen LogP contribution in [0.3, 0.4) is 0 Å². The maximum atomic E-state index is 11.4. The summed E-state index contributed by atoms with van der Waals surface area (Å²) in [5.74, 6) is 0. The molecule has 1 N–H and O–H groups in total. The number of rotatable bonds is 6. The second kappa shape index (κ2) is 7.35. The Balaban J connectivity index is 1.95. The van der Waals surface area contributed by atoms with Crippen molar-refractivity contribution in [3.63, 3.8) is 0 Å². The lowest BCUT2D eigenvalue weighted by Crippen LogP contribution is -2.48. The van der Waals surface area contributed by atoms with Crippen molar-refractivity contribution in [2.45, 2.75) is 25.0 Å². The van der Waals surface area contributed by atoms with E-state index in [1.54, 1.807) is 7.11 Å². The van der Waals surface area contributed by atoms with Crippen LogP contribution in [0.2, 0.25) is 0 Å². The number of benzene rings is 1. The minimum absolute atomic E-state index is 0.00188. The van der Waals surface area contributed by atoms with E-state index >= 15 is 0 Å². The van der Waals surface area contributed by atoms with Crippen LogP contribution in [-0.4, -0.2) is 52.4 Å². The smallest absolute Gasteiger partial charge is 0.208 e. The van der Waals surface area contributed by atoms with Crippen molar-refractivity contribution in [3.8, 4) is 0 Å². The minimum Gasteiger partial charge on any atom is -0.375 e. The van der Waals surface area contributed by atoms with Gasteiger partial charge < -0.3 is 4.74 Å². The topological polar surface area (TPSA) is 58.6 Å². The molecule has 0 aliphatic carbocycles. The van der Waals surface area contributed by atoms with E-state index in [4.69, 9.17) is 4.74 Å². The van der Waals surface area contributed by atoms with Crippen LogP contribution >= 0.6 is 0 Å². The number of hydrogen-bond acceptors (Lipinski definition) is 4. The second-order valence-electron chi connectivity index (χ2n) is 5.62. The minimum atomic E-state index is -3.14. The summed E-state index contributed by atoms with van der Waals surface area (Å²) in [6.45, 7) is 2.50. The average Bonchev–Trinajstić information content (AvgIpc) is 2.44. The van der Waals surface area contributed by atoms with Crippen molar-refractivity contribution >= 4 is 10.0 Å². The molecule has 21 heavy (non-hydrogen) atoms. The molecular weight excluding hydrogens is 288 g/mol. The van der Waals surface area contributed by atoms with Crippen LogP contribution in [0.5, 0.6) is 0 Å². The van der Waals surface area contributed by atoms with Crippen molar-refractivity contribution < 1.29 is 13.2 Å². The van der Waals surface area contributed by atoms with Crippen LogP contribution in [0.1, 0.15) is 24.5 Å². The van der Waals surface area contributed by atoms with Crippen LogP contribution in [0.15, 0.2) is 30.3 Å². The molecule has 118 valence electrons. The number of sulfonamides is 1. The molecule has 0 saturated carbocycles. The first kappa shape index (κ1) is 16.4.